The summed E-state index contributed by atoms with van der Waals surface area (Å²) in [6, 6.07) is 6.38. The van der Waals surface area contributed by atoms with E-state index >= 15 is 0 Å². The van der Waals surface area contributed by atoms with Gasteiger partial charge in [-0.2, -0.15) is 0 Å². The summed E-state index contributed by atoms with van der Waals surface area (Å²) in [6.45, 7) is 4.61. The van der Waals surface area contributed by atoms with E-state index in [1.54, 1.807) is 11.8 Å². The highest BCUT2D eigenvalue weighted by Crippen LogP contribution is 2.30. The second-order valence-electron chi connectivity index (χ2n) is 5.70. The summed E-state index contributed by atoms with van der Waals surface area (Å²) in [4.78, 5) is 12.9. The Labute approximate surface area is 125 Å². The van der Waals surface area contributed by atoms with Crippen molar-refractivity contribution in [2.45, 2.75) is 50.0 Å². The topological polar surface area (TPSA) is 49.3 Å². The van der Waals surface area contributed by atoms with Gasteiger partial charge in [-0.05, 0) is 56.4 Å². The monoisotopic (exact) mass is 293 g/mol. The molecule has 0 heterocycles. The number of nitrogens with one attached hydrogen (secondary N) is 1. The van der Waals surface area contributed by atoms with Crippen molar-refractivity contribution < 1.29 is 9.90 Å². The molecule has 2 N–H and O–H groups in total. The third-order valence-electron chi connectivity index (χ3n) is 3.98. The van der Waals surface area contributed by atoms with Crippen molar-refractivity contribution in [3.8, 4) is 0 Å². The zero-order valence-electron chi connectivity index (χ0n) is 12.2. The third-order valence-corrected chi connectivity index (χ3v) is 4.97. The van der Waals surface area contributed by atoms with Crippen molar-refractivity contribution >= 4 is 17.7 Å². The number of rotatable bonds is 6. The van der Waals surface area contributed by atoms with Crippen LogP contribution in [-0.2, 0) is 4.79 Å². The predicted octanol–water partition coefficient (Wildman–Crippen LogP) is 2.82. The molecule has 1 amide bonds. The zero-order valence-corrected chi connectivity index (χ0v) is 13.1. The van der Waals surface area contributed by atoms with Gasteiger partial charge < -0.3 is 10.4 Å². The summed E-state index contributed by atoms with van der Waals surface area (Å²) >= 11 is 1.70. The number of aliphatic hydroxyl groups is 1. The van der Waals surface area contributed by atoms with Crippen molar-refractivity contribution in [2.75, 3.05) is 12.3 Å². The lowest BCUT2D eigenvalue weighted by molar-refractivity contribution is -0.123. The van der Waals surface area contributed by atoms with Gasteiger partial charge in [0.15, 0.2) is 0 Å². The maximum Gasteiger partial charge on any atom is 0.220 e. The van der Waals surface area contributed by atoms with E-state index in [4.69, 9.17) is 0 Å². The number of aryl methyl sites for hydroxylation is 2. The second kappa shape index (κ2) is 6.64. The van der Waals surface area contributed by atoms with Gasteiger partial charge in [0.2, 0.25) is 5.91 Å². The lowest BCUT2D eigenvalue weighted by Gasteiger charge is -2.36. The van der Waals surface area contributed by atoms with Crippen LogP contribution in [0.2, 0.25) is 0 Å². The average molecular weight is 293 g/mol. The van der Waals surface area contributed by atoms with E-state index in [0.29, 0.717) is 13.0 Å². The van der Waals surface area contributed by atoms with Crippen molar-refractivity contribution in [3.63, 3.8) is 0 Å². The lowest BCUT2D eigenvalue weighted by Crippen LogP contribution is -2.47. The van der Waals surface area contributed by atoms with Gasteiger partial charge in [0.05, 0.1) is 5.60 Å². The van der Waals surface area contributed by atoms with Gasteiger partial charge in [-0.1, -0.05) is 6.07 Å². The minimum Gasteiger partial charge on any atom is -0.388 e. The molecule has 0 unspecified atom stereocenters. The molecule has 4 heteroatoms. The molecule has 20 heavy (non-hydrogen) atoms. The lowest BCUT2D eigenvalue weighted by atomic mass is 9.80. The number of carbonyl (C=O) groups is 1. The first kappa shape index (κ1) is 15.4. The van der Waals surface area contributed by atoms with E-state index in [2.05, 4.69) is 37.4 Å². The fourth-order valence-corrected chi connectivity index (χ4v) is 3.13. The third kappa shape index (κ3) is 4.25. The highest BCUT2D eigenvalue weighted by Gasteiger charge is 2.34. The quantitative estimate of drug-likeness (QED) is 0.793. The number of hydrogen-bond donors (Lipinski definition) is 2. The molecule has 3 nitrogen and oxygen atoms in total. The Kier molecular flexibility index (Phi) is 5.11. The molecule has 0 radical (unpaired) electrons. The normalized spacial score (nSPS) is 16.6. The molecule has 1 saturated carbocycles. The van der Waals surface area contributed by atoms with Crippen LogP contribution in [0.4, 0.5) is 0 Å². The predicted molar refractivity (Wildman–Crippen MR) is 83.1 cm³/mol. The Morgan fingerprint density at radius 1 is 1.35 bits per heavy atom. The van der Waals surface area contributed by atoms with Gasteiger partial charge in [0.1, 0.15) is 0 Å². The molecule has 0 aliphatic heterocycles. The van der Waals surface area contributed by atoms with Crippen LogP contribution in [0, 0.1) is 13.8 Å². The van der Waals surface area contributed by atoms with Crippen LogP contribution in [0.25, 0.3) is 0 Å². The summed E-state index contributed by atoms with van der Waals surface area (Å²) < 4.78 is 0. The smallest absolute Gasteiger partial charge is 0.220 e. The van der Waals surface area contributed by atoms with E-state index < -0.39 is 5.60 Å². The molecule has 1 aromatic carbocycles. The summed E-state index contributed by atoms with van der Waals surface area (Å²) in [5.74, 6) is 0.800. The standard InChI is InChI=1S/C16H23NO2S/c1-12-4-5-14(10-13(12)2)20-9-6-15(18)17-11-16(19)7-3-8-16/h4-5,10,19H,3,6-9,11H2,1-2H3,(H,17,18). The number of thioether (sulfide) groups is 1. The molecule has 1 aromatic rings. The minimum absolute atomic E-state index is 0.0293. The van der Waals surface area contributed by atoms with E-state index in [1.165, 1.54) is 16.0 Å². The van der Waals surface area contributed by atoms with Crippen molar-refractivity contribution in [1.29, 1.82) is 0 Å². The SMILES string of the molecule is Cc1ccc(SCCC(=O)NCC2(O)CCC2)cc1C. The van der Waals surface area contributed by atoms with Gasteiger partial charge >= 0.3 is 0 Å². The fraction of sp³-hybridized carbons (Fsp3) is 0.562. The molecular weight excluding hydrogens is 270 g/mol. The Morgan fingerprint density at radius 2 is 2.10 bits per heavy atom. The first-order valence-corrected chi connectivity index (χ1v) is 8.16. The van der Waals surface area contributed by atoms with Crippen LogP contribution in [0.5, 0.6) is 0 Å². The minimum atomic E-state index is -0.628. The molecule has 110 valence electrons. The number of hydrogen-bond acceptors (Lipinski definition) is 3. The Balaban J connectivity index is 1.67. The van der Waals surface area contributed by atoms with Crippen LogP contribution in [0.3, 0.4) is 0 Å². The molecule has 1 fully saturated rings. The molecule has 0 aromatic heterocycles. The first-order valence-electron chi connectivity index (χ1n) is 7.18. The summed E-state index contributed by atoms with van der Waals surface area (Å²) in [5.41, 5.74) is 1.95. The van der Waals surface area contributed by atoms with Gasteiger partial charge in [-0.15, -0.1) is 11.8 Å². The molecule has 0 spiro atoms. The van der Waals surface area contributed by atoms with Crippen molar-refractivity contribution in [1.82, 2.24) is 5.32 Å². The molecular formula is C16H23NO2S. The van der Waals surface area contributed by atoms with Gasteiger partial charge in [0.25, 0.3) is 0 Å². The molecule has 2 rings (SSSR count). The molecule has 0 atom stereocenters. The number of amides is 1. The largest absolute Gasteiger partial charge is 0.388 e. The van der Waals surface area contributed by atoms with Crippen molar-refractivity contribution in [3.05, 3.63) is 29.3 Å². The zero-order chi connectivity index (χ0) is 14.6. The number of carbonyl (C=O) groups excluding carboxylic acids is 1. The summed E-state index contributed by atoms with van der Waals surface area (Å²) in [6.07, 6.45) is 3.18. The van der Waals surface area contributed by atoms with E-state index in [1.807, 2.05) is 0 Å². The maximum absolute atomic E-state index is 11.7. The van der Waals surface area contributed by atoms with Crippen LogP contribution in [0.1, 0.15) is 36.8 Å². The van der Waals surface area contributed by atoms with Gasteiger partial charge in [0, 0.05) is 23.6 Å². The Bertz CT molecular complexity index is 483. The highest BCUT2D eigenvalue weighted by molar-refractivity contribution is 7.99. The second-order valence-corrected chi connectivity index (χ2v) is 6.87. The van der Waals surface area contributed by atoms with Crippen LogP contribution in [-0.4, -0.2) is 28.9 Å². The van der Waals surface area contributed by atoms with Crippen LogP contribution < -0.4 is 5.32 Å². The van der Waals surface area contributed by atoms with Crippen LogP contribution >= 0.6 is 11.8 Å². The molecule has 1 aliphatic carbocycles. The van der Waals surface area contributed by atoms with Crippen molar-refractivity contribution in [2.24, 2.45) is 0 Å². The average Bonchev–Trinajstić information content (AvgIpc) is 2.38. The van der Waals surface area contributed by atoms with Gasteiger partial charge in [-0.3, -0.25) is 4.79 Å². The van der Waals surface area contributed by atoms with Gasteiger partial charge in [-0.25, -0.2) is 0 Å². The Hall–Kier alpha value is -1.00. The fourth-order valence-electron chi connectivity index (χ4n) is 2.18. The van der Waals surface area contributed by atoms with E-state index in [9.17, 15) is 9.90 Å². The molecule has 0 saturated heterocycles. The van der Waals surface area contributed by atoms with E-state index in [-0.39, 0.29) is 5.91 Å². The summed E-state index contributed by atoms with van der Waals surface area (Å²) in [7, 11) is 0. The Morgan fingerprint density at radius 3 is 2.70 bits per heavy atom. The van der Waals surface area contributed by atoms with E-state index in [0.717, 1.165) is 25.0 Å². The maximum atomic E-state index is 11.7. The highest BCUT2D eigenvalue weighted by atomic mass is 32.2. The molecule has 0 bridgehead atoms. The summed E-state index contributed by atoms with van der Waals surface area (Å²) in [5, 5.41) is 12.7. The number of benzene rings is 1. The first-order chi connectivity index (χ1) is 9.48. The molecule has 1 aliphatic rings. The van der Waals surface area contributed by atoms with Crippen LogP contribution in [0.15, 0.2) is 23.1 Å².